The lowest BCUT2D eigenvalue weighted by atomic mass is 10.1. The molecule has 30 heavy (non-hydrogen) atoms. The zero-order valence-corrected chi connectivity index (χ0v) is 18.5. The van der Waals surface area contributed by atoms with Gasteiger partial charge in [0.25, 0.3) is 0 Å². The largest absolute Gasteiger partial charge is 0.527 e. The fourth-order valence-corrected chi connectivity index (χ4v) is 3.21. The van der Waals surface area contributed by atoms with E-state index in [0.717, 1.165) is 25.7 Å². The quantitative estimate of drug-likeness (QED) is 0.225. The summed E-state index contributed by atoms with van der Waals surface area (Å²) in [5, 5.41) is 2.64. The molecule has 1 rings (SSSR count). The Balaban J connectivity index is 2.31. The molecule has 1 aromatic carbocycles. The molecule has 0 heterocycles. The maximum absolute atomic E-state index is 12.0. The van der Waals surface area contributed by atoms with Crippen LogP contribution in [0, 0.1) is 0 Å². The Kier molecular flexibility index (Phi) is 12.8. The molecule has 9 nitrogen and oxygen atoms in total. The summed E-state index contributed by atoms with van der Waals surface area (Å²) in [6.07, 6.45) is 5.70. The highest BCUT2D eigenvalue weighted by atomic mass is 31.2. The van der Waals surface area contributed by atoms with Crippen molar-refractivity contribution in [3.63, 3.8) is 0 Å². The molecule has 1 atom stereocenters. The average Bonchev–Trinajstić information content (AvgIpc) is 2.70. The van der Waals surface area contributed by atoms with Gasteiger partial charge in [0.1, 0.15) is 11.5 Å². The fraction of sp³-hybridized carbons (Fsp3) is 0.600. The Morgan fingerprint density at radius 1 is 1.10 bits per heavy atom. The molecule has 1 aromatic rings. The first-order chi connectivity index (χ1) is 14.4. The molecule has 0 radical (unpaired) electrons. The van der Waals surface area contributed by atoms with E-state index in [1.165, 1.54) is 24.6 Å². The minimum Gasteiger partial charge on any atom is -0.482 e. The zero-order valence-electron chi connectivity index (χ0n) is 17.6. The van der Waals surface area contributed by atoms with Gasteiger partial charge in [-0.3, -0.25) is 14.2 Å². The van der Waals surface area contributed by atoms with Crippen LogP contribution in [0.5, 0.6) is 11.5 Å². The highest BCUT2D eigenvalue weighted by Crippen LogP contribution is 2.44. The minimum absolute atomic E-state index is 0.0401. The van der Waals surface area contributed by atoms with E-state index < -0.39 is 13.8 Å². The van der Waals surface area contributed by atoms with Gasteiger partial charge in [-0.2, -0.15) is 0 Å². The first kappa shape index (κ1) is 25.9. The number of unbranched alkanes of at least 4 members (excludes halogenated alkanes) is 4. The third-order valence-corrected chi connectivity index (χ3v) is 4.82. The van der Waals surface area contributed by atoms with Crippen LogP contribution in [0.15, 0.2) is 24.3 Å². The predicted molar refractivity (Wildman–Crippen MR) is 111 cm³/mol. The molecule has 0 fully saturated rings. The number of benzene rings is 1. The summed E-state index contributed by atoms with van der Waals surface area (Å²) in [5.74, 6) is -0.330. The number of nitrogens with one attached hydrogen (secondary N) is 1. The summed E-state index contributed by atoms with van der Waals surface area (Å²) < 4.78 is 31.9. The molecule has 0 saturated carbocycles. The molecule has 2 N–H and O–H groups in total. The number of esters is 1. The first-order valence-corrected chi connectivity index (χ1v) is 11.7. The van der Waals surface area contributed by atoms with Crippen LogP contribution in [0.2, 0.25) is 0 Å². The number of amides is 1. The Hall–Kier alpha value is -2.09. The first-order valence-electron chi connectivity index (χ1n) is 10.2. The number of hydrogen-bond acceptors (Lipinski definition) is 7. The van der Waals surface area contributed by atoms with E-state index in [2.05, 4.69) is 12.2 Å². The zero-order chi connectivity index (χ0) is 22.2. The van der Waals surface area contributed by atoms with Crippen molar-refractivity contribution in [2.75, 3.05) is 26.4 Å². The van der Waals surface area contributed by atoms with Crippen LogP contribution in [-0.4, -0.2) is 43.1 Å². The van der Waals surface area contributed by atoms with E-state index in [0.29, 0.717) is 6.42 Å². The van der Waals surface area contributed by atoms with E-state index in [9.17, 15) is 19.0 Å². The molecule has 0 aromatic heterocycles. The lowest BCUT2D eigenvalue weighted by Crippen LogP contribution is -2.26. The van der Waals surface area contributed by atoms with Crippen molar-refractivity contribution in [2.45, 2.75) is 52.4 Å². The normalized spacial score (nSPS) is 12.6. The lowest BCUT2D eigenvalue weighted by Gasteiger charge is -2.14. The summed E-state index contributed by atoms with van der Waals surface area (Å²) in [6.45, 7) is 3.70. The third kappa shape index (κ3) is 12.5. The molecule has 0 aliphatic heterocycles. The Labute approximate surface area is 177 Å². The smallest absolute Gasteiger partial charge is 0.482 e. The van der Waals surface area contributed by atoms with Gasteiger partial charge >= 0.3 is 13.8 Å². The van der Waals surface area contributed by atoms with Gasteiger partial charge in [-0.25, -0.2) is 9.36 Å². The summed E-state index contributed by atoms with van der Waals surface area (Å²) in [7, 11) is -4.38. The maximum Gasteiger partial charge on any atom is 0.527 e. The summed E-state index contributed by atoms with van der Waals surface area (Å²) >= 11 is 0. The van der Waals surface area contributed by atoms with Crippen molar-refractivity contribution in [2.24, 2.45) is 0 Å². The Bertz CT molecular complexity index is 697. The standard InChI is InChI=1S/C20H32NO8P/c1-3-5-6-7-8-12-19(22)21-13-14-28-30(24,25)29-18-11-9-10-17(15-18)27-16-20(23)26-4-2/h9-11,15H,3-8,12-14,16H2,1-2H3,(H,21,22)(H,24,25). The van der Waals surface area contributed by atoms with Crippen molar-refractivity contribution in [3.8, 4) is 11.5 Å². The van der Waals surface area contributed by atoms with Crippen LogP contribution in [0.25, 0.3) is 0 Å². The SMILES string of the molecule is CCCCCCCC(=O)NCCOP(=O)(O)Oc1cccc(OCC(=O)OCC)c1. The average molecular weight is 445 g/mol. The lowest BCUT2D eigenvalue weighted by molar-refractivity contribution is -0.145. The topological polar surface area (TPSA) is 120 Å². The number of rotatable bonds is 16. The molecule has 1 unspecified atom stereocenters. The molecular formula is C20H32NO8P. The summed E-state index contributed by atoms with van der Waals surface area (Å²) in [4.78, 5) is 32.8. The van der Waals surface area contributed by atoms with Gasteiger partial charge < -0.3 is 19.3 Å². The molecule has 0 saturated heterocycles. The van der Waals surface area contributed by atoms with Crippen LogP contribution in [-0.2, 0) is 23.4 Å². The van der Waals surface area contributed by atoms with Crippen LogP contribution in [0.3, 0.4) is 0 Å². The van der Waals surface area contributed by atoms with Crippen molar-refractivity contribution in [1.82, 2.24) is 5.32 Å². The summed E-state index contributed by atoms with van der Waals surface area (Å²) in [6, 6.07) is 5.90. The second kappa shape index (κ2) is 14.8. The molecule has 10 heteroatoms. The highest BCUT2D eigenvalue weighted by molar-refractivity contribution is 7.47. The molecule has 1 amide bonds. The van der Waals surface area contributed by atoms with Gasteiger partial charge in [-0.1, -0.05) is 38.7 Å². The number of phosphoric acid groups is 1. The number of hydrogen-bond donors (Lipinski definition) is 2. The highest BCUT2D eigenvalue weighted by Gasteiger charge is 2.23. The van der Waals surface area contributed by atoms with Gasteiger partial charge in [0.15, 0.2) is 6.61 Å². The monoisotopic (exact) mass is 445 g/mol. The van der Waals surface area contributed by atoms with Gasteiger partial charge in [0.05, 0.1) is 13.2 Å². The van der Waals surface area contributed by atoms with E-state index in [-0.39, 0.29) is 43.8 Å². The minimum atomic E-state index is -4.38. The number of carbonyl (C=O) groups is 2. The molecule has 0 spiro atoms. The predicted octanol–water partition coefficient (Wildman–Crippen LogP) is 3.60. The number of ether oxygens (including phenoxy) is 2. The third-order valence-electron chi connectivity index (χ3n) is 3.87. The molecule has 170 valence electrons. The van der Waals surface area contributed by atoms with E-state index in [1.54, 1.807) is 13.0 Å². The second-order valence-electron chi connectivity index (χ2n) is 6.48. The molecule has 0 aliphatic rings. The molecule has 0 bridgehead atoms. The maximum atomic E-state index is 12.0. The van der Waals surface area contributed by atoms with Crippen LogP contribution in [0.4, 0.5) is 0 Å². The van der Waals surface area contributed by atoms with Crippen molar-refractivity contribution < 1.29 is 37.6 Å². The van der Waals surface area contributed by atoms with Gasteiger partial charge in [0.2, 0.25) is 5.91 Å². The van der Waals surface area contributed by atoms with Crippen LogP contribution >= 0.6 is 7.82 Å². The van der Waals surface area contributed by atoms with E-state index in [1.807, 2.05) is 0 Å². The van der Waals surface area contributed by atoms with Crippen LogP contribution < -0.4 is 14.6 Å². The Morgan fingerprint density at radius 2 is 1.83 bits per heavy atom. The van der Waals surface area contributed by atoms with Crippen molar-refractivity contribution in [3.05, 3.63) is 24.3 Å². The van der Waals surface area contributed by atoms with E-state index >= 15 is 0 Å². The van der Waals surface area contributed by atoms with Gasteiger partial charge in [0, 0.05) is 19.0 Å². The van der Waals surface area contributed by atoms with Crippen molar-refractivity contribution in [1.29, 1.82) is 0 Å². The molecular weight excluding hydrogens is 413 g/mol. The van der Waals surface area contributed by atoms with E-state index in [4.69, 9.17) is 18.5 Å². The van der Waals surface area contributed by atoms with Crippen molar-refractivity contribution >= 4 is 19.7 Å². The van der Waals surface area contributed by atoms with Gasteiger partial charge in [-0.15, -0.1) is 0 Å². The number of carbonyl (C=O) groups excluding carboxylic acids is 2. The van der Waals surface area contributed by atoms with Gasteiger partial charge in [-0.05, 0) is 25.5 Å². The van der Waals surface area contributed by atoms with Crippen LogP contribution in [0.1, 0.15) is 52.4 Å². The Morgan fingerprint density at radius 3 is 2.57 bits per heavy atom. The molecule has 0 aliphatic carbocycles. The second-order valence-corrected chi connectivity index (χ2v) is 7.85. The summed E-state index contributed by atoms with van der Waals surface area (Å²) in [5.41, 5.74) is 0. The number of phosphoric ester groups is 1. The fourth-order valence-electron chi connectivity index (χ4n) is 2.45.